The summed E-state index contributed by atoms with van der Waals surface area (Å²) in [6.07, 6.45) is 0.847. The lowest BCUT2D eigenvalue weighted by molar-refractivity contribution is -0.143. The Hall–Kier alpha value is -1.39. The highest BCUT2D eigenvalue weighted by molar-refractivity contribution is 5.70. The number of β-amino-alcohol motifs (C(OH)–C–C–N with tert-alkyl or cyclic N) is 1. The van der Waals surface area contributed by atoms with Crippen LogP contribution in [0, 0.1) is 19.8 Å². The molecule has 1 saturated heterocycles. The molecule has 0 aromatic heterocycles. The van der Waals surface area contributed by atoms with Crippen LogP contribution in [0.15, 0.2) is 18.2 Å². The lowest BCUT2D eigenvalue weighted by Crippen LogP contribution is -2.38. The van der Waals surface area contributed by atoms with Crippen LogP contribution in [-0.2, 0) is 4.79 Å². The molecule has 4 heteroatoms. The van der Waals surface area contributed by atoms with Crippen molar-refractivity contribution >= 4 is 5.97 Å². The van der Waals surface area contributed by atoms with Crippen LogP contribution in [0.25, 0.3) is 0 Å². The Balaban J connectivity index is 1.94. The largest absolute Gasteiger partial charge is 0.481 e. The van der Waals surface area contributed by atoms with E-state index in [2.05, 4.69) is 4.90 Å². The molecule has 2 rings (SSSR count). The first-order chi connectivity index (χ1) is 9.47. The predicted octanol–water partition coefficient (Wildman–Crippen LogP) is 2.13. The molecule has 4 nitrogen and oxygen atoms in total. The molecule has 1 aliphatic rings. The molecule has 110 valence electrons. The van der Waals surface area contributed by atoms with E-state index in [4.69, 9.17) is 5.11 Å². The number of piperidine rings is 1. The number of hydrogen-bond acceptors (Lipinski definition) is 3. The predicted molar refractivity (Wildman–Crippen MR) is 77.7 cm³/mol. The topological polar surface area (TPSA) is 60.8 Å². The maximum absolute atomic E-state index is 10.9. The molecule has 0 aliphatic carbocycles. The van der Waals surface area contributed by atoms with Gasteiger partial charge in [-0.1, -0.05) is 23.8 Å². The first-order valence-corrected chi connectivity index (χ1v) is 7.17. The van der Waals surface area contributed by atoms with E-state index in [-0.39, 0.29) is 5.92 Å². The SMILES string of the molecule is Cc1ccc(C)c(C(O)CN2CCC(C(=O)O)CC2)c1. The van der Waals surface area contributed by atoms with Gasteiger partial charge in [-0.05, 0) is 50.9 Å². The van der Waals surface area contributed by atoms with Gasteiger partial charge in [-0.25, -0.2) is 0 Å². The minimum absolute atomic E-state index is 0.218. The maximum Gasteiger partial charge on any atom is 0.306 e. The zero-order valence-corrected chi connectivity index (χ0v) is 12.2. The van der Waals surface area contributed by atoms with E-state index in [9.17, 15) is 9.90 Å². The number of hydrogen-bond donors (Lipinski definition) is 2. The molecule has 1 aromatic carbocycles. The van der Waals surface area contributed by atoms with Gasteiger partial charge in [0, 0.05) is 6.54 Å². The average molecular weight is 277 g/mol. The van der Waals surface area contributed by atoms with Crippen molar-refractivity contribution in [1.29, 1.82) is 0 Å². The third-order valence-electron chi connectivity index (χ3n) is 4.16. The monoisotopic (exact) mass is 277 g/mol. The second-order valence-corrected chi connectivity index (χ2v) is 5.79. The number of aliphatic hydroxyl groups is 1. The van der Waals surface area contributed by atoms with Crippen molar-refractivity contribution in [1.82, 2.24) is 4.90 Å². The van der Waals surface area contributed by atoms with Gasteiger partial charge in [-0.3, -0.25) is 4.79 Å². The molecule has 0 bridgehead atoms. The Bertz CT molecular complexity index is 479. The molecular weight excluding hydrogens is 254 g/mol. The minimum Gasteiger partial charge on any atom is -0.481 e. The van der Waals surface area contributed by atoms with Crippen molar-refractivity contribution in [2.24, 2.45) is 5.92 Å². The summed E-state index contributed by atoms with van der Waals surface area (Å²) in [6.45, 7) is 6.11. The third-order valence-corrected chi connectivity index (χ3v) is 4.16. The smallest absolute Gasteiger partial charge is 0.306 e. The number of aliphatic hydroxyl groups excluding tert-OH is 1. The average Bonchev–Trinajstić information content (AvgIpc) is 2.42. The molecule has 1 fully saturated rings. The quantitative estimate of drug-likeness (QED) is 0.885. The van der Waals surface area contributed by atoms with E-state index in [0.29, 0.717) is 19.4 Å². The van der Waals surface area contributed by atoms with Crippen molar-refractivity contribution in [3.05, 3.63) is 34.9 Å². The Morgan fingerprint density at radius 3 is 2.60 bits per heavy atom. The lowest BCUT2D eigenvalue weighted by atomic mass is 9.95. The van der Waals surface area contributed by atoms with E-state index in [1.165, 1.54) is 0 Å². The Morgan fingerprint density at radius 2 is 2.00 bits per heavy atom. The molecular formula is C16H23NO3. The fraction of sp³-hybridized carbons (Fsp3) is 0.562. The van der Waals surface area contributed by atoms with Crippen molar-refractivity contribution in [3.63, 3.8) is 0 Å². The summed E-state index contributed by atoms with van der Waals surface area (Å²) in [5.41, 5.74) is 3.23. The second-order valence-electron chi connectivity index (χ2n) is 5.79. The highest BCUT2D eigenvalue weighted by atomic mass is 16.4. The number of nitrogens with zero attached hydrogens (tertiary/aromatic N) is 1. The van der Waals surface area contributed by atoms with E-state index in [1.807, 2.05) is 32.0 Å². The summed E-state index contributed by atoms with van der Waals surface area (Å²) in [6, 6.07) is 6.11. The first kappa shape index (κ1) is 15.0. The van der Waals surface area contributed by atoms with Crippen LogP contribution >= 0.6 is 0 Å². The summed E-state index contributed by atoms with van der Waals surface area (Å²) in [7, 11) is 0. The zero-order chi connectivity index (χ0) is 14.7. The van der Waals surface area contributed by atoms with Gasteiger partial charge in [0.1, 0.15) is 0 Å². The van der Waals surface area contributed by atoms with Crippen molar-refractivity contribution in [2.45, 2.75) is 32.8 Å². The van der Waals surface area contributed by atoms with Gasteiger partial charge in [0.15, 0.2) is 0 Å². The molecule has 2 N–H and O–H groups in total. The minimum atomic E-state index is -0.695. The van der Waals surface area contributed by atoms with Crippen LogP contribution in [0.1, 0.15) is 35.6 Å². The fourth-order valence-corrected chi connectivity index (χ4v) is 2.82. The number of carboxylic acids is 1. The van der Waals surface area contributed by atoms with Crippen LogP contribution in [0.5, 0.6) is 0 Å². The fourth-order valence-electron chi connectivity index (χ4n) is 2.82. The second kappa shape index (κ2) is 6.37. The van der Waals surface area contributed by atoms with Gasteiger partial charge in [0.05, 0.1) is 12.0 Å². The van der Waals surface area contributed by atoms with Crippen molar-refractivity contribution < 1.29 is 15.0 Å². The Morgan fingerprint density at radius 1 is 1.35 bits per heavy atom. The van der Waals surface area contributed by atoms with Crippen LogP contribution in [0.2, 0.25) is 0 Å². The zero-order valence-electron chi connectivity index (χ0n) is 12.2. The molecule has 1 aromatic rings. The standard InChI is InChI=1S/C16H23NO3/c1-11-3-4-12(2)14(9-11)15(18)10-17-7-5-13(6-8-17)16(19)20/h3-4,9,13,15,18H,5-8,10H2,1-2H3,(H,19,20). The van der Waals surface area contributed by atoms with Crippen molar-refractivity contribution in [2.75, 3.05) is 19.6 Å². The molecule has 0 amide bonds. The number of carbonyl (C=O) groups is 1. The maximum atomic E-state index is 10.9. The molecule has 0 saturated carbocycles. The van der Waals surface area contributed by atoms with Crippen LogP contribution < -0.4 is 0 Å². The summed E-state index contributed by atoms with van der Waals surface area (Å²) in [4.78, 5) is 13.1. The number of rotatable bonds is 4. The summed E-state index contributed by atoms with van der Waals surface area (Å²) >= 11 is 0. The van der Waals surface area contributed by atoms with Gasteiger partial charge in [-0.15, -0.1) is 0 Å². The van der Waals surface area contributed by atoms with Gasteiger partial charge in [0.2, 0.25) is 0 Å². The molecule has 1 atom stereocenters. The van der Waals surface area contributed by atoms with Gasteiger partial charge in [-0.2, -0.15) is 0 Å². The first-order valence-electron chi connectivity index (χ1n) is 7.17. The number of aliphatic carboxylic acids is 1. The normalized spacial score (nSPS) is 18.9. The summed E-state index contributed by atoms with van der Waals surface area (Å²) in [5.74, 6) is -0.913. The van der Waals surface area contributed by atoms with Gasteiger partial charge >= 0.3 is 5.97 Å². The van der Waals surface area contributed by atoms with Crippen LogP contribution in [0.4, 0.5) is 0 Å². The van der Waals surface area contributed by atoms with E-state index in [0.717, 1.165) is 29.8 Å². The Kier molecular flexibility index (Phi) is 4.78. The third kappa shape index (κ3) is 3.58. The summed E-state index contributed by atoms with van der Waals surface area (Å²) in [5, 5.41) is 19.4. The molecule has 1 heterocycles. The molecule has 1 unspecified atom stereocenters. The number of aryl methyl sites for hydroxylation is 2. The summed E-state index contributed by atoms with van der Waals surface area (Å²) < 4.78 is 0. The van der Waals surface area contributed by atoms with E-state index >= 15 is 0 Å². The number of benzene rings is 1. The van der Waals surface area contributed by atoms with Crippen LogP contribution in [0.3, 0.4) is 0 Å². The highest BCUT2D eigenvalue weighted by Crippen LogP contribution is 2.23. The van der Waals surface area contributed by atoms with Gasteiger partial charge < -0.3 is 15.1 Å². The molecule has 1 aliphatic heterocycles. The number of carboxylic acid groups (broad SMARTS) is 1. The highest BCUT2D eigenvalue weighted by Gasteiger charge is 2.25. The molecule has 0 spiro atoms. The number of likely N-dealkylation sites (tertiary alicyclic amines) is 1. The lowest BCUT2D eigenvalue weighted by Gasteiger charge is -2.31. The van der Waals surface area contributed by atoms with E-state index < -0.39 is 12.1 Å². The van der Waals surface area contributed by atoms with Crippen molar-refractivity contribution in [3.8, 4) is 0 Å². The van der Waals surface area contributed by atoms with Crippen LogP contribution in [-0.4, -0.2) is 40.7 Å². The Labute approximate surface area is 120 Å². The van der Waals surface area contributed by atoms with E-state index in [1.54, 1.807) is 0 Å². The molecule has 0 radical (unpaired) electrons. The molecule has 20 heavy (non-hydrogen) atoms. The van der Waals surface area contributed by atoms with Gasteiger partial charge in [0.25, 0.3) is 0 Å².